The predicted octanol–water partition coefficient (Wildman–Crippen LogP) is 4.57. The zero-order valence-corrected chi connectivity index (χ0v) is 19.7. The summed E-state index contributed by atoms with van der Waals surface area (Å²) in [5.74, 6) is -2.51. The van der Waals surface area contributed by atoms with Gasteiger partial charge in [0.2, 0.25) is 0 Å². The Balaban J connectivity index is 0.000000331. The maximum atomic E-state index is 9.55. The van der Waals surface area contributed by atoms with E-state index in [0.717, 1.165) is 37.5 Å². The van der Waals surface area contributed by atoms with Crippen molar-refractivity contribution in [1.82, 2.24) is 5.32 Å². The standard InChI is InChI=1S/C22H27ClN2.C4H4O4/c1-2-12-25-13-4-6-18-14-16-8-10-24-11-9-20(16)21(22(18)25)17-5-3-7-19(23)15-17;5-3(6)1-2-4(7)8/h3,5,7,14-15,24H,2,4,6,8-13H2,1H3;1-2H,(H,5,6)(H,7,8)/b;2-1+. The molecule has 0 spiro atoms. The van der Waals surface area contributed by atoms with Crippen molar-refractivity contribution in [2.45, 2.75) is 39.0 Å². The van der Waals surface area contributed by atoms with Gasteiger partial charge in [0, 0.05) is 41.5 Å². The molecule has 0 aromatic heterocycles. The third-order valence-electron chi connectivity index (χ3n) is 5.87. The Morgan fingerprint density at radius 2 is 1.79 bits per heavy atom. The van der Waals surface area contributed by atoms with Gasteiger partial charge in [-0.3, -0.25) is 0 Å². The fourth-order valence-electron chi connectivity index (χ4n) is 4.61. The molecule has 2 aromatic carbocycles. The lowest BCUT2D eigenvalue weighted by molar-refractivity contribution is -0.134. The molecule has 2 heterocycles. The largest absolute Gasteiger partial charge is 0.478 e. The van der Waals surface area contributed by atoms with Crippen molar-refractivity contribution in [2.75, 3.05) is 31.1 Å². The quantitative estimate of drug-likeness (QED) is 0.554. The van der Waals surface area contributed by atoms with Gasteiger partial charge in [0.25, 0.3) is 0 Å². The van der Waals surface area contributed by atoms with Crippen molar-refractivity contribution in [3.63, 3.8) is 0 Å². The molecule has 2 aliphatic rings. The normalized spacial score (nSPS) is 15.2. The molecule has 0 amide bonds. The molecule has 0 fully saturated rings. The summed E-state index contributed by atoms with van der Waals surface area (Å²) >= 11 is 6.36. The first-order valence-electron chi connectivity index (χ1n) is 11.4. The Kier molecular flexibility index (Phi) is 8.92. The van der Waals surface area contributed by atoms with Crippen LogP contribution in [0.1, 0.15) is 36.5 Å². The molecule has 0 unspecified atom stereocenters. The number of rotatable bonds is 5. The number of hydrogen-bond acceptors (Lipinski definition) is 4. The molecular formula is C26H31ClN2O4. The van der Waals surface area contributed by atoms with Crippen molar-refractivity contribution in [3.8, 4) is 11.1 Å². The second-order valence-corrected chi connectivity index (χ2v) is 8.69. The first-order chi connectivity index (χ1) is 15.9. The van der Waals surface area contributed by atoms with E-state index >= 15 is 0 Å². The van der Waals surface area contributed by atoms with Crippen molar-refractivity contribution in [2.24, 2.45) is 0 Å². The molecule has 0 saturated carbocycles. The van der Waals surface area contributed by atoms with E-state index in [1.165, 1.54) is 59.3 Å². The number of anilines is 1. The first-order valence-corrected chi connectivity index (χ1v) is 11.8. The van der Waals surface area contributed by atoms with Crippen LogP contribution in [0.4, 0.5) is 5.69 Å². The number of nitrogens with zero attached hydrogens (tertiary/aromatic N) is 1. The number of aryl methyl sites for hydroxylation is 1. The molecule has 176 valence electrons. The highest BCUT2D eigenvalue weighted by atomic mass is 35.5. The average Bonchev–Trinajstić information content (AvgIpc) is 3.02. The Morgan fingerprint density at radius 3 is 2.45 bits per heavy atom. The number of aliphatic carboxylic acids is 2. The fourth-order valence-corrected chi connectivity index (χ4v) is 4.81. The highest BCUT2D eigenvalue weighted by Crippen LogP contribution is 2.43. The number of fused-ring (bicyclic) bond motifs is 2. The van der Waals surface area contributed by atoms with Gasteiger partial charge in [-0.2, -0.15) is 0 Å². The van der Waals surface area contributed by atoms with E-state index in [0.29, 0.717) is 12.2 Å². The maximum absolute atomic E-state index is 9.55. The number of carboxylic acid groups (broad SMARTS) is 2. The molecule has 2 aliphatic heterocycles. The van der Waals surface area contributed by atoms with Crippen molar-refractivity contribution < 1.29 is 19.8 Å². The van der Waals surface area contributed by atoms with Crippen LogP contribution in [0.5, 0.6) is 0 Å². The molecule has 0 saturated heterocycles. The summed E-state index contributed by atoms with van der Waals surface area (Å²) in [7, 11) is 0. The van der Waals surface area contributed by atoms with E-state index < -0.39 is 11.9 Å². The second kappa shape index (κ2) is 11.9. The van der Waals surface area contributed by atoms with Crippen molar-refractivity contribution in [1.29, 1.82) is 0 Å². The zero-order chi connectivity index (χ0) is 23.8. The predicted molar refractivity (Wildman–Crippen MR) is 132 cm³/mol. The lowest BCUT2D eigenvalue weighted by Crippen LogP contribution is -2.31. The summed E-state index contributed by atoms with van der Waals surface area (Å²) in [5, 5.41) is 20.0. The number of nitrogens with one attached hydrogen (secondary N) is 1. The Morgan fingerprint density at radius 1 is 1.06 bits per heavy atom. The second-order valence-electron chi connectivity index (χ2n) is 8.26. The summed E-state index contributed by atoms with van der Waals surface area (Å²) in [6.07, 6.45) is 6.99. The number of carbonyl (C=O) groups is 2. The van der Waals surface area contributed by atoms with Crippen LogP contribution in [-0.2, 0) is 28.9 Å². The minimum Gasteiger partial charge on any atom is -0.478 e. The Labute approximate surface area is 199 Å². The van der Waals surface area contributed by atoms with Crippen LogP contribution in [0.15, 0.2) is 42.5 Å². The van der Waals surface area contributed by atoms with Crippen LogP contribution in [-0.4, -0.2) is 48.3 Å². The van der Waals surface area contributed by atoms with Gasteiger partial charge in [-0.05, 0) is 79.6 Å². The fraction of sp³-hybridized carbons (Fsp3) is 0.385. The number of hydrogen-bond donors (Lipinski definition) is 3. The summed E-state index contributed by atoms with van der Waals surface area (Å²) in [4.78, 5) is 21.7. The van der Waals surface area contributed by atoms with E-state index in [1.807, 2.05) is 6.07 Å². The van der Waals surface area contributed by atoms with Crippen LogP contribution < -0.4 is 10.2 Å². The summed E-state index contributed by atoms with van der Waals surface area (Å²) in [5.41, 5.74) is 8.83. The van der Waals surface area contributed by atoms with E-state index in [4.69, 9.17) is 21.8 Å². The molecule has 3 N–H and O–H groups in total. The van der Waals surface area contributed by atoms with Gasteiger partial charge in [-0.15, -0.1) is 0 Å². The molecule has 2 aromatic rings. The molecule has 4 rings (SSSR count). The van der Waals surface area contributed by atoms with Gasteiger partial charge in [0.1, 0.15) is 0 Å². The van der Waals surface area contributed by atoms with Crippen LogP contribution in [0.3, 0.4) is 0 Å². The molecular weight excluding hydrogens is 440 g/mol. The zero-order valence-electron chi connectivity index (χ0n) is 18.9. The number of carboxylic acids is 2. The topological polar surface area (TPSA) is 89.9 Å². The minimum absolute atomic E-state index is 0.558. The average molecular weight is 471 g/mol. The number of halogens is 1. The summed E-state index contributed by atoms with van der Waals surface area (Å²) in [6, 6.07) is 11.0. The van der Waals surface area contributed by atoms with Gasteiger partial charge < -0.3 is 20.4 Å². The van der Waals surface area contributed by atoms with Gasteiger partial charge in [0.15, 0.2) is 0 Å². The molecule has 6 nitrogen and oxygen atoms in total. The maximum Gasteiger partial charge on any atom is 0.328 e. The van der Waals surface area contributed by atoms with E-state index in [9.17, 15) is 9.59 Å². The lowest BCUT2D eigenvalue weighted by atomic mass is 9.85. The monoisotopic (exact) mass is 470 g/mol. The van der Waals surface area contributed by atoms with Crippen LogP contribution in [0.2, 0.25) is 5.02 Å². The van der Waals surface area contributed by atoms with E-state index in [2.05, 4.69) is 41.4 Å². The smallest absolute Gasteiger partial charge is 0.328 e. The lowest BCUT2D eigenvalue weighted by Gasteiger charge is -2.35. The van der Waals surface area contributed by atoms with Crippen molar-refractivity contribution >= 4 is 29.2 Å². The highest BCUT2D eigenvalue weighted by molar-refractivity contribution is 6.30. The van der Waals surface area contributed by atoms with Gasteiger partial charge in [-0.1, -0.05) is 36.7 Å². The molecule has 0 bridgehead atoms. The van der Waals surface area contributed by atoms with E-state index in [-0.39, 0.29) is 0 Å². The molecule has 7 heteroatoms. The number of benzene rings is 2. The Bertz CT molecular complexity index is 1020. The van der Waals surface area contributed by atoms with Gasteiger partial charge in [-0.25, -0.2) is 9.59 Å². The van der Waals surface area contributed by atoms with Gasteiger partial charge in [0.05, 0.1) is 0 Å². The molecule has 0 aliphatic carbocycles. The first kappa shape index (κ1) is 24.8. The SMILES string of the molecule is CCCN1CCCc2cc3c(c(-c4cccc(Cl)c4)c21)CCNCC3.O=C(O)/C=C/C(=O)O. The minimum atomic E-state index is -1.26. The van der Waals surface area contributed by atoms with Crippen LogP contribution in [0.25, 0.3) is 11.1 Å². The summed E-state index contributed by atoms with van der Waals surface area (Å²) < 4.78 is 0. The van der Waals surface area contributed by atoms with E-state index in [1.54, 1.807) is 0 Å². The van der Waals surface area contributed by atoms with Crippen LogP contribution in [0, 0.1) is 0 Å². The molecule has 0 atom stereocenters. The van der Waals surface area contributed by atoms with Gasteiger partial charge >= 0.3 is 11.9 Å². The highest BCUT2D eigenvalue weighted by Gasteiger charge is 2.26. The molecule has 33 heavy (non-hydrogen) atoms. The van der Waals surface area contributed by atoms with Crippen molar-refractivity contribution in [3.05, 3.63) is 64.2 Å². The third-order valence-corrected chi connectivity index (χ3v) is 6.10. The summed E-state index contributed by atoms with van der Waals surface area (Å²) in [6.45, 7) is 6.73. The molecule has 0 radical (unpaired) electrons. The third kappa shape index (κ3) is 6.59. The van der Waals surface area contributed by atoms with Crippen LogP contribution >= 0.6 is 11.6 Å². The Hall–Kier alpha value is -2.83.